The number of amides is 7. The molecular formula is C67H103N15O20S4. The number of Topliss-reactive ketones (excluding diaryl/α,β-unsaturated/α-hetero) is 5. The Kier molecular flexibility index (Phi) is 41.2. The summed E-state index contributed by atoms with van der Waals surface area (Å²) in [7, 11) is 4.25. The Morgan fingerprint density at radius 1 is 0.585 bits per heavy atom. The monoisotopic (exact) mass is 1570 g/mol. The van der Waals surface area contributed by atoms with Gasteiger partial charge in [-0.15, -0.1) is 0 Å². The van der Waals surface area contributed by atoms with Crippen molar-refractivity contribution in [3.63, 3.8) is 0 Å². The largest absolute Gasteiger partial charge is 0.481 e. The van der Waals surface area contributed by atoms with Crippen LogP contribution in [0.3, 0.4) is 0 Å². The summed E-state index contributed by atoms with van der Waals surface area (Å²) in [5.41, 5.74) is 11.4. The van der Waals surface area contributed by atoms with Gasteiger partial charge >= 0.3 is 17.9 Å². The molecule has 0 aromatic heterocycles. The predicted molar refractivity (Wildman–Crippen MR) is 400 cm³/mol. The second kappa shape index (κ2) is 47.4. The number of hydrogen-bond donors (Lipinski definition) is 16. The number of guanidine groups is 1. The van der Waals surface area contributed by atoms with Crippen molar-refractivity contribution < 1.29 is 97.7 Å². The molecule has 2 saturated heterocycles. The Balaban J connectivity index is 1.70. The van der Waals surface area contributed by atoms with Gasteiger partial charge in [0.1, 0.15) is 6.54 Å². The first-order valence-electron chi connectivity index (χ1n) is 34.5. The summed E-state index contributed by atoms with van der Waals surface area (Å²) >= 11 is 0. The van der Waals surface area contributed by atoms with Crippen molar-refractivity contribution in [1.82, 2.24) is 52.8 Å². The number of nitrogens with two attached hydrogens (primary N) is 2. The molecule has 0 saturated carbocycles. The van der Waals surface area contributed by atoms with Crippen LogP contribution < -0.4 is 59.3 Å². The van der Waals surface area contributed by atoms with E-state index in [0.29, 0.717) is 49.7 Å². The number of rotatable bonds is 43. The highest BCUT2D eigenvalue weighted by molar-refractivity contribution is 8.77. The third kappa shape index (κ3) is 35.4. The molecule has 7 amide bonds. The molecule has 39 heteroatoms. The summed E-state index contributed by atoms with van der Waals surface area (Å²) in [6.07, 6.45) is -5.87. The van der Waals surface area contributed by atoms with Gasteiger partial charge in [-0.2, -0.15) is 0 Å². The average Bonchev–Trinajstić information content (AvgIpc) is 1.63. The lowest BCUT2D eigenvalue weighted by Crippen LogP contribution is -2.51. The summed E-state index contributed by atoms with van der Waals surface area (Å²) in [5.74, 6) is -18.5. The van der Waals surface area contributed by atoms with Gasteiger partial charge in [-0.3, -0.25) is 81.8 Å². The molecule has 1 aromatic carbocycles. The number of hydrogen-bond acceptors (Lipinski definition) is 27. The van der Waals surface area contributed by atoms with Gasteiger partial charge < -0.3 is 85.1 Å². The van der Waals surface area contributed by atoms with E-state index in [1.165, 1.54) is 6.92 Å². The highest BCUT2D eigenvalue weighted by atomic mass is 33.1. The summed E-state index contributed by atoms with van der Waals surface area (Å²) in [6, 6.07) is 1.38. The Bertz CT molecular complexity index is 3290. The van der Waals surface area contributed by atoms with Gasteiger partial charge in [0.05, 0.1) is 89.2 Å². The van der Waals surface area contributed by atoms with Crippen molar-refractivity contribution >= 4 is 149 Å². The number of carbonyl (C=O) groups is 15. The van der Waals surface area contributed by atoms with E-state index in [-0.39, 0.29) is 80.6 Å². The zero-order valence-corrected chi connectivity index (χ0v) is 64.0. The maximum absolute atomic E-state index is 14.3. The molecule has 0 unspecified atom stereocenters. The third-order valence-electron chi connectivity index (χ3n) is 17.6. The van der Waals surface area contributed by atoms with E-state index in [0.717, 1.165) is 43.2 Å². The van der Waals surface area contributed by atoms with E-state index in [2.05, 4.69) is 68.1 Å². The lowest BCUT2D eigenvalue weighted by Gasteiger charge is -2.30. The Morgan fingerprint density at radius 3 is 1.62 bits per heavy atom. The summed E-state index contributed by atoms with van der Waals surface area (Å²) in [5, 5.41) is 78.5. The molecule has 0 bridgehead atoms. The zero-order valence-electron chi connectivity index (χ0n) is 60.7. The van der Waals surface area contributed by atoms with Crippen molar-refractivity contribution in [3.05, 3.63) is 35.9 Å². The number of benzene rings is 1. The number of aliphatic carboxylic acids is 3. The Labute approximate surface area is 630 Å². The van der Waals surface area contributed by atoms with Crippen LogP contribution in [-0.4, -0.2) is 253 Å². The topological polar surface area (TPSA) is 558 Å². The molecule has 18 N–H and O–H groups in total. The Hall–Kier alpha value is -8.24. The lowest BCUT2D eigenvalue weighted by molar-refractivity contribution is -0.141. The number of ketones is 5. The molecule has 0 radical (unpaired) electrons. The quantitative estimate of drug-likeness (QED) is 0.0102. The summed E-state index contributed by atoms with van der Waals surface area (Å²) in [6.45, 7) is 14.2. The van der Waals surface area contributed by atoms with Gasteiger partial charge in [0.15, 0.2) is 34.9 Å². The van der Waals surface area contributed by atoms with Crippen LogP contribution in [0, 0.1) is 23.7 Å². The van der Waals surface area contributed by atoms with E-state index in [4.69, 9.17) is 16.6 Å². The van der Waals surface area contributed by atoms with E-state index < -0.39 is 205 Å². The zero-order chi connectivity index (χ0) is 79.3. The molecule has 3 rings (SSSR count). The number of nitrogens with one attached hydrogen (secondary N) is 9. The minimum Gasteiger partial charge on any atom is -0.481 e. The predicted octanol–water partition coefficient (Wildman–Crippen LogP) is -0.0473. The van der Waals surface area contributed by atoms with Gasteiger partial charge in [0, 0.05) is 120 Å². The normalized spacial score (nSPS) is 19.7. The Morgan fingerprint density at radius 2 is 1.08 bits per heavy atom. The molecular weight excluding hydrogens is 1460 g/mol. The molecule has 590 valence electrons. The highest BCUT2D eigenvalue weighted by Crippen LogP contribution is 2.32. The molecule has 2 heterocycles. The number of aliphatic imine (C=N–C) groups is 1. The van der Waals surface area contributed by atoms with Crippen molar-refractivity contribution in [3.8, 4) is 0 Å². The third-order valence-corrected chi connectivity index (χ3v) is 22.8. The first-order valence-corrected chi connectivity index (χ1v) is 39.4. The van der Waals surface area contributed by atoms with Crippen LogP contribution in [0.2, 0.25) is 0 Å². The van der Waals surface area contributed by atoms with Crippen molar-refractivity contribution in [2.45, 2.75) is 173 Å². The van der Waals surface area contributed by atoms with E-state index in [1.807, 2.05) is 27.7 Å². The number of carbonyl (C=O) groups excluding carboxylic acids is 12. The van der Waals surface area contributed by atoms with Crippen LogP contribution in [0.4, 0.5) is 0 Å². The smallest absolute Gasteiger partial charge is 0.322 e. The van der Waals surface area contributed by atoms with E-state index >= 15 is 0 Å². The maximum atomic E-state index is 14.3. The molecule has 35 nitrogen and oxygen atoms in total. The molecule has 2 aliphatic heterocycles. The maximum Gasteiger partial charge on any atom is 0.322 e. The van der Waals surface area contributed by atoms with Gasteiger partial charge in [-0.1, -0.05) is 83.8 Å². The van der Waals surface area contributed by atoms with E-state index in [1.54, 1.807) is 44.2 Å². The van der Waals surface area contributed by atoms with Gasteiger partial charge in [0.25, 0.3) is 0 Å². The van der Waals surface area contributed by atoms with Crippen LogP contribution in [0.1, 0.15) is 131 Å². The fourth-order valence-corrected chi connectivity index (χ4v) is 15.8. The van der Waals surface area contributed by atoms with Gasteiger partial charge in [-0.05, 0) is 73.3 Å². The molecule has 0 spiro atoms. The minimum atomic E-state index is -1.74. The van der Waals surface area contributed by atoms with Crippen molar-refractivity contribution in [1.29, 1.82) is 0 Å². The lowest BCUT2D eigenvalue weighted by atomic mass is 9.93. The molecule has 106 heavy (non-hydrogen) atoms. The van der Waals surface area contributed by atoms with Crippen molar-refractivity contribution in [2.75, 3.05) is 75.4 Å². The SMILES string of the molecule is C/C(=N/O)C(C)(C)NCCN(CCNC(=O)CCC(=O)N[C@@H](C)C(=O)C[C@H]1CSSC[C@@H](C(=O)N[C@@H](CCCN=C(N)N)C(=O)CCC(=O)N[C@@H](CC(=O)O)C(=O)C[C@H]2CSSC[C@@H](C(=O)NCC(=O)O)CC(=O)[C@H](Cc3ccccc3)NC2=O)CC(=O)[C@H](CC(=O)O)NC1=O)CCNC(C)(C)/C(C)=N\O. The van der Waals surface area contributed by atoms with Crippen LogP contribution in [-0.2, 0) is 78.3 Å². The standard InChI is InChI=1S/C67H103N15O20S4/c1-38(75-56(89)18-17-55(88)70-20-23-82(24-21-73-66(4,5)39(2)80-101)25-22-74-67(6,7)40(3)81-102)51(84)27-43-35-104-106-36-44(30-54(87)49(32-59(93)94)79-63(43)99)62(98)77-46(14-11-19-71-65(68)69)50(83)15-16-57(90)76-48(31-58(91)92)53(86)29-45-37-105-103-34-42(61(97)72-33-60(95)96)28-52(85)47(78-64(45)100)26-41-12-9-8-10-13-41/h8-10,12-13,38,42-49,73-74,101-102H,11,14-37H2,1-7H3,(H,70,88)(H,72,97)(H,75,89)(H,76,90)(H,77,98)(H,78,100)(H,79,99)(H,91,92)(H,93,94)(H,95,96)(H4,68,69,71)/b80-39-,81-40-/t38-,42-,43-,44-,45-,46-,47-,48-,49-/m0/s1. The molecule has 0 aliphatic carbocycles. The fourth-order valence-electron chi connectivity index (χ4n) is 10.6. The first-order chi connectivity index (χ1) is 49.9. The second-order valence-corrected chi connectivity index (χ2v) is 31.9. The van der Waals surface area contributed by atoms with Crippen LogP contribution in [0.15, 0.2) is 45.6 Å². The van der Waals surface area contributed by atoms with E-state index in [9.17, 15) is 92.5 Å². The van der Waals surface area contributed by atoms with Crippen LogP contribution in [0.5, 0.6) is 0 Å². The van der Waals surface area contributed by atoms with Crippen LogP contribution >= 0.6 is 43.2 Å². The number of carboxylic acid groups (broad SMARTS) is 3. The number of oxime groups is 2. The number of nitrogens with zero attached hydrogens (tertiary/aromatic N) is 4. The molecule has 2 fully saturated rings. The van der Waals surface area contributed by atoms with Gasteiger partial charge in [0.2, 0.25) is 41.4 Å². The summed E-state index contributed by atoms with van der Waals surface area (Å²) in [4.78, 5) is 206. The number of carboxylic acids is 3. The fraction of sp³-hybridized carbons (Fsp3) is 0.642. The first kappa shape index (κ1) is 92.0. The van der Waals surface area contributed by atoms with Crippen molar-refractivity contribution in [2.24, 2.45) is 50.4 Å². The highest BCUT2D eigenvalue weighted by Gasteiger charge is 2.38. The average molecular weight is 1570 g/mol. The summed E-state index contributed by atoms with van der Waals surface area (Å²) < 4.78 is 0. The molecule has 1 aromatic rings. The van der Waals surface area contributed by atoms with Crippen LogP contribution in [0.25, 0.3) is 0 Å². The minimum absolute atomic E-state index is 0.00622. The second-order valence-electron chi connectivity index (χ2n) is 26.8. The molecule has 2 aliphatic rings. The van der Waals surface area contributed by atoms with Gasteiger partial charge in [-0.25, -0.2) is 0 Å². The molecule has 9 atom stereocenters.